The second kappa shape index (κ2) is 6.61. The van der Waals surface area contributed by atoms with Crippen molar-refractivity contribution in [3.63, 3.8) is 0 Å². The van der Waals surface area contributed by atoms with E-state index in [-0.39, 0.29) is 0 Å². The van der Waals surface area contributed by atoms with Gasteiger partial charge in [0.15, 0.2) is 5.82 Å². The minimum atomic E-state index is 0.542. The van der Waals surface area contributed by atoms with Gasteiger partial charge in [0.25, 0.3) is 0 Å². The summed E-state index contributed by atoms with van der Waals surface area (Å²) in [7, 11) is 0. The number of rotatable bonds is 5. The minimum Gasteiger partial charge on any atom is -0.324 e. The molecule has 0 aliphatic rings. The molecule has 0 aliphatic carbocycles. The molecule has 1 heterocycles. The molecule has 2 aromatic rings. The summed E-state index contributed by atoms with van der Waals surface area (Å²) in [6.07, 6.45) is 4.35. The maximum Gasteiger partial charge on any atom is 0.229 e. The maximum absolute atomic E-state index is 4.50. The Morgan fingerprint density at radius 1 is 1.35 bits per heavy atom. The first-order valence-electron chi connectivity index (χ1n) is 6.58. The van der Waals surface area contributed by atoms with Gasteiger partial charge < -0.3 is 5.32 Å². The molecule has 0 saturated carbocycles. The summed E-state index contributed by atoms with van der Waals surface area (Å²) in [5.74, 6) is 1.22. The number of benzene rings is 1. The second-order valence-electron chi connectivity index (χ2n) is 4.35. The van der Waals surface area contributed by atoms with Gasteiger partial charge in [-0.05, 0) is 31.6 Å². The lowest BCUT2D eigenvalue weighted by molar-refractivity contribution is 1.11. The van der Waals surface area contributed by atoms with E-state index in [1.165, 1.54) is 0 Å². The van der Waals surface area contributed by atoms with Gasteiger partial charge in [-0.25, -0.2) is 9.98 Å². The number of hydrogen-bond acceptors (Lipinski definition) is 4. The standard InChI is InChI=1S/C16H18N4/c1-4-13(5-2)18-15-12(3)11-17-16(20-15)19-14-9-7-6-8-10-14/h4,6-11H,1,5H2,2-3H3,(H,17,19,20). The predicted molar refractivity (Wildman–Crippen MR) is 84.1 cm³/mol. The number of hydrogen-bond donors (Lipinski definition) is 1. The SMILES string of the molecule is C=CC(CC)=Nc1nc(Nc2ccccc2)ncc1C. The Morgan fingerprint density at radius 2 is 2.10 bits per heavy atom. The normalized spacial score (nSPS) is 11.2. The monoisotopic (exact) mass is 266 g/mol. The third-order valence-corrected chi connectivity index (χ3v) is 2.82. The summed E-state index contributed by atoms with van der Waals surface area (Å²) in [6.45, 7) is 7.75. The van der Waals surface area contributed by atoms with Crippen LogP contribution in [-0.4, -0.2) is 15.7 Å². The molecular weight excluding hydrogens is 248 g/mol. The van der Waals surface area contributed by atoms with E-state index in [2.05, 4.69) is 26.9 Å². The zero-order valence-corrected chi connectivity index (χ0v) is 11.8. The predicted octanol–water partition coefficient (Wildman–Crippen LogP) is 4.20. The van der Waals surface area contributed by atoms with Gasteiger partial charge in [-0.15, -0.1) is 0 Å². The third-order valence-electron chi connectivity index (χ3n) is 2.82. The average molecular weight is 266 g/mol. The summed E-state index contributed by atoms with van der Waals surface area (Å²) in [5, 5.41) is 3.16. The van der Waals surface area contributed by atoms with Gasteiger partial charge in [0.1, 0.15) is 0 Å². The molecule has 1 aromatic heterocycles. The van der Waals surface area contributed by atoms with E-state index in [1.807, 2.05) is 44.2 Å². The Kier molecular flexibility index (Phi) is 4.60. The van der Waals surface area contributed by atoms with Crippen molar-refractivity contribution in [1.82, 2.24) is 9.97 Å². The van der Waals surface area contributed by atoms with Crippen LogP contribution < -0.4 is 5.32 Å². The summed E-state index contributed by atoms with van der Waals surface area (Å²) < 4.78 is 0. The first-order valence-corrected chi connectivity index (χ1v) is 6.58. The fraction of sp³-hybridized carbons (Fsp3) is 0.188. The number of aryl methyl sites for hydroxylation is 1. The number of nitrogens with one attached hydrogen (secondary N) is 1. The van der Waals surface area contributed by atoms with E-state index >= 15 is 0 Å². The van der Waals surface area contributed by atoms with Crippen molar-refractivity contribution < 1.29 is 0 Å². The quantitative estimate of drug-likeness (QED) is 0.825. The average Bonchev–Trinajstić information content (AvgIpc) is 2.49. The highest BCUT2D eigenvalue weighted by Crippen LogP contribution is 2.19. The van der Waals surface area contributed by atoms with Crippen molar-refractivity contribution in [1.29, 1.82) is 0 Å². The molecule has 0 unspecified atom stereocenters. The molecule has 0 fully saturated rings. The van der Waals surface area contributed by atoms with Crippen LogP contribution in [0.4, 0.5) is 17.5 Å². The number of aromatic nitrogens is 2. The van der Waals surface area contributed by atoms with Gasteiger partial charge in [0.05, 0.1) is 0 Å². The molecule has 0 bridgehead atoms. The van der Waals surface area contributed by atoms with Crippen molar-refractivity contribution >= 4 is 23.2 Å². The Morgan fingerprint density at radius 3 is 2.75 bits per heavy atom. The van der Waals surface area contributed by atoms with Gasteiger partial charge in [0, 0.05) is 23.2 Å². The molecule has 20 heavy (non-hydrogen) atoms. The molecule has 1 aromatic carbocycles. The lowest BCUT2D eigenvalue weighted by atomic mass is 10.3. The van der Waals surface area contributed by atoms with Crippen molar-refractivity contribution in [2.24, 2.45) is 4.99 Å². The second-order valence-corrected chi connectivity index (χ2v) is 4.35. The van der Waals surface area contributed by atoms with E-state index < -0.39 is 0 Å². The van der Waals surface area contributed by atoms with Crippen LogP contribution in [0.5, 0.6) is 0 Å². The fourth-order valence-electron chi connectivity index (χ4n) is 1.66. The van der Waals surface area contributed by atoms with Crippen LogP contribution in [0.15, 0.2) is 54.2 Å². The number of allylic oxidation sites excluding steroid dienone is 1. The third kappa shape index (κ3) is 3.51. The van der Waals surface area contributed by atoms with Crippen LogP contribution in [0.25, 0.3) is 0 Å². The van der Waals surface area contributed by atoms with Gasteiger partial charge >= 0.3 is 0 Å². The Hall–Kier alpha value is -2.49. The summed E-state index contributed by atoms with van der Waals surface area (Å²) in [4.78, 5) is 13.2. The van der Waals surface area contributed by atoms with Crippen molar-refractivity contribution in [3.05, 3.63) is 54.7 Å². The Balaban J connectivity index is 2.29. The highest BCUT2D eigenvalue weighted by Gasteiger charge is 2.04. The van der Waals surface area contributed by atoms with Crippen LogP contribution in [-0.2, 0) is 0 Å². The highest BCUT2D eigenvalue weighted by atomic mass is 15.1. The van der Waals surface area contributed by atoms with Crippen molar-refractivity contribution in [3.8, 4) is 0 Å². The molecule has 0 radical (unpaired) electrons. The van der Waals surface area contributed by atoms with Gasteiger partial charge in [-0.3, -0.25) is 0 Å². The number of anilines is 2. The molecule has 1 N–H and O–H groups in total. The van der Waals surface area contributed by atoms with Crippen molar-refractivity contribution in [2.45, 2.75) is 20.3 Å². The van der Waals surface area contributed by atoms with Crippen LogP contribution >= 0.6 is 0 Å². The highest BCUT2D eigenvalue weighted by molar-refractivity contribution is 5.95. The van der Waals surface area contributed by atoms with Gasteiger partial charge in [0.2, 0.25) is 5.95 Å². The zero-order valence-electron chi connectivity index (χ0n) is 11.8. The Bertz CT molecular complexity index is 618. The minimum absolute atomic E-state index is 0.542. The van der Waals surface area contributed by atoms with E-state index in [4.69, 9.17) is 0 Å². The van der Waals surface area contributed by atoms with E-state index in [9.17, 15) is 0 Å². The molecule has 0 saturated heterocycles. The van der Waals surface area contributed by atoms with Gasteiger partial charge in [-0.1, -0.05) is 31.7 Å². The smallest absolute Gasteiger partial charge is 0.229 e. The molecule has 0 atom stereocenters. The van der Waals surface area contributed by atoms with E-state index in [0.29, 0.717) is 11.8 Å². The summed E-state index contributed by atoms with van der Waals surface area (Å²) >= 11 is 0. The molecule has 4 nitrogen and oxygen atoms in total. The molecule has 4 heteroatoms. The summed E-state index contributed by atoms with van der Waals surface area (Å²) in [5.41, 5.74) is 2.81. The molecular formula is C16H18N4. The number of nitrogens with zero attached hydrogens (tertiary/aromatic N) is 3. The van der Waals surface area contributed by atoms with E-state index in [1.54, 1.807) is 12.3 Å². The van der Waals surface area contributed by atoms with Crippen LogP contribution in [0.1, 0.15) is 18.9 Å². The summed E-state index contributed by atoms with van der Waals surface area (Å²) in [6, 6.07) is 9.82. The molecule has 2 rings (SSSR count). The maximum atomic E-state index is 4.50. The largest absolute Gasteiger partial charge is 0.324 e. The first kappa shape index (κ1) is 13.9. The van der Waals surface area contributed by atoms with Crippen molar-refractivity contribution in [2.75, 3.05) is 5.32 Å². The first-order chi connectivity index (χ1) is 9.72. The van der Waals surface area contributed by atoms with Gasteiger partial charge in [-0.2, -0.15) is 4.98 Å². The van der Waals surface area contributed by atoms with Crippen LogP contribution in [0.3, 0.4) is 0 Å². The molecule has 0 spiro atoms. The van der Waals surface area contributed by atoms with Crippen LogP contribution in [0, 0.1) is 6.92 Å². The molecule has 0 aliphatic heterocycles. The molecule has 102 valence electrons. The number of para-hydroxylation sites is 1. The molecule has 0 amide bonds. The zero-order chi connectivity index (χ0) is 14.4. The number of aliphatic imine (C=N–C) groups is 1. The lowest BCUT2D eigenvalue weighted by Crippen LogP contribution is -1.98. The fourth-order valence-corrected chi connectivity index (χ4v) is 1.66. The topological polar surface area (TPSA) is 50.2 Å². The lowest BCUT2D eigenvalue weighted by Gasteiger charge is -2.07. The van der Waals surface area contributed by atoms with E-state index in [0.717, 1.165) is 23.4 Å². The Labute approximate surface area is 119 Å². The van der Waals surface area contributed by atoms with Crippen LogP contribution in [0.2, 0.25) is 0 Å².